The van der Waals surface area contributed by atoms with Crippen molar-refractivity contribution >= 4 is 5.97 Å². The molecule has 3 heteroatoms. The summed E-state index contributed by atoms with van der Waals surface area (Å²) in [6.07, 6.45) is 1.21. The van der Waals surface area contributed by atoms with E-state index in [1.807, 2.05) is 20.8 Å². The molecule has 0 aliphatic rings. The lowest BCUT2D eigenvalue weighted by atomic mass is 9.91. The van der Waals surface area contributed by atoms with Crippen LogP contribution in [0.5, 0.6) is 0 Å². The van der Waals surface area contributed by atoms with Gasteiger partial charge in [0.1, 0.15) is 5.60 Å². The van der Waals surface area contributed by atoms with Gasteiger partial charge in [0, 0.05) is 6.42 Å². The van der Waals surface area contributed by atoms with Crippen molar-refractivity contribution in [1.29, 1.82) is 0 Å². The van der Waals surface area contributed by atoms with Gasteiger partial charge < -0.3 is 0 Å². The molecule has 0 saturated heterocycles. The average molecular weight is 202 g/mol. The van der Waals surface area contributed by atoms with Crippen LogP contribution in [0.2, 0.25) is 0 Å². The van der Waals surface area contributed by atoms with Gasteiger partial charge in [-0.05, 0) is 32.6 Å². The molecule has 0 aromatic carbocycles. The number of carbonyl (C=O) groups is 1. The van der Waals surface area contributed by atoms with E-state index in [1.165, 1.54) is 0 Å². The SMILES string of the molecule is CC(C)(C)CCC(=O)OOC(C)(C)C. The fraction of sp³-hybridized carbons (Fsp3) is 0.909. The Morgan fingerprint density at radius 3 is 1.93 bits per heavy atom. The van der Waals surface area contributed by atoms with Crippen LogP contribution < -0.4 is 0 Å². The number of hydrogen-bond donors (Lipinski definition) is 0. The maximum absolute atomic E-state index is 11.2. The van der Waals surface area contributed by atoms with Crippen molar-refractivity contribution in [3.63, 3.8) is 0 Å². The van der Waals surface area contributed by atoms with Gasteiger partial charge in [0.05, 0.1) is 0 Å². The second-order valence-electron chi connectivity index (χ2n) is 5.71. The highest BCUT2D eigenvalue weighted by atomic mass is 17.2. The third-order valence-electron chi connectivity index (χ3n) is 1.46. The monoisotopic (exact) mass is 202 g/mol. The van der Waals surface area contributed by atoms with Crippen LogP contribution in [-0.4, -0.2) is 11.6 Å². The fourth-order valence-corrected chi connectivity index (χ4v) is 0.690. The summed E-state index contributed by atoms with van der Waals surface area (Å²) in [5, 5.41) is 0. The smallest absolute Gasteiger partial charge is 0.298 e. The summed E-state index contributed by atoms with van der Waals surface area (Å²) in [4.78, 5) is 20.8. The first-order chi connectivity index (χ1) is 6.10. The molecule has 0 aliphatic heterocycles. The summed E-state index contributed by atoms with van der Waals surface area (Å²) < 4.78 is 0. The summed E-state index contributed by atoms with van der Waals surface area (Å²) >= 11 is 0. The summed E-state index contributed by atoms with van der Waals surface area (Å²) in [5.74, 6) is -0.296. The second-order valence-corrected chi connectivity index (χ2v) is 5.71. The molecular weight excluding hydrogens is 180 g/mol. The number of carbonyl (C=O) groups excluding carboxylic acids is 1. The van der Waals surface area contributed by atoms with E-state index in [2.05, 4.69) is 25.7 Å². The molecule has 0 bridgehead atoms. The average Bonchev–Trinajstić information content (AvgIpc) is 1.94. The quantitative estimate of drug-likeness (QED) is 0.521. The molecule has 3 nitrogen and oxygen atoms in total. The highest BCUT2D eigenvalue weighted by molar-refractivity contribution is 5.68. The summed E-state index contributed by atoms with van der Waals surface area (Å²) in [6.45, 7) is 11.8. The van der Waals surface area contributed by atoms with Crippen LogP contribution in [-0.2, 0) is 14.6 Å². The predicted molar refractivity (Wildman–Crippen MR) is 55.6 cm³/mol. The zero-order valence-electron chi connectivity index (χ0n) is 10.1. The molecule has 0 spiro atoms. The molecule has 0 aliphatic carbocycles. The topological polar surface area (TPSA) is 35.5 Å². The Balaban J connectivity index is 3.68. The van der Waals surface area contributed by atoms with Crippen LogP contribution in [0.25, 0.3) is 0 Å². The van der Waals surface area contributed by atoms with Gasteiger partial charge in [0.25, 0.3) is 0 Å². The first-order valence-corrected chi connectivity index (χ1v) is 4.99. The van der Waals surface area contributed by atoms with Gasteiger partial charge in [-0.3, -0.25) is 4.89 Å². The Hall–Kier alpha value is -0.570. The summed E-state index contributed by atoms with van der Waals surface area (Å²) in [5.41, 5.74) is -0.280. The Bertz CT molecular complexity index is 164. The minimum atomic E-state index is -0.433. The van der Waals surface area contributed by atoms with Gasteiger partial charge >= 0.3 is 5.97 Å². The lowest BCUT2D eigenvalue weighted by Crippen LogP contribution is -2.22. The molecule has 0 N–H and O–H groups in total. The van der Waals surface area contributed by atoms with E-state index < -0.39 is 5.60 Å². The molecule has 0 amide bonds. The van der Waals surface area contributed by atoms with Gasteiger partial charge in [-0.2, -0.15) is 4.89 Å². The molecule has 0 aromatic heterocycles. The standard InChI is InChI=1S/C11H22O3/c1-10(2,3)8-7-9(12)13-14-11(4,5)6/h7-8H2,1-6H3. The maximum atomic E-state index is 11.2. The molecule has 0 heterocycles. The van der Waals surface area contributed by atoms with Crippen LogP contribution in [0.3, 0.4) is 0 Å². The lowest BCUT2D eigenvalue weighted by molar-refractivity contribution is -0.320. The van der Waals surface area contributed by atoms with Crippen molar-refractivity contribution < 1.29 is 14.6 Å². The third kappa shape index (κ3) is 9.52. The predicted octanol–water partition coefficient (Wildman–Crippen LogP) is 3.09. The van der Waals surface area contributed by atoms with E-state index in [9.17, 15) is 4.79 Å². The lowest BCUT2D eigenvalue weighted by Gasteiger charge is -2.19. The van der Waals surface area contributed by atoms with Crippen LogP contribution in [0.1, 0.15) is 54.4 Å². The van der Waals surface area contributed by atoms with Crippen molar-refractivity contribution in [3.05, 3.63) is 0 Å². The normalized spacial score (nSPS) is 12.7. The number of rotatable bonds is 3. The van der Waals surface area contributed by atoms with Crippen molar-refractivity contribution in [3.8, 4) is 0 Å². The van der Waals surface area contributed by atoms with E-state index in [4.69, 9.17) is 4.89 Å². The van der Waals surface area contributed by atoms with Gasteiger partial charge in [-0.25, -0.2) is 4.79 Å². The van der Waals surface area contributed by atoms with Crippen molar-refractivity contribution in [2.45, 2.75) is 60.0 Å². The zero-order valence-corrected chi connectivity index (χ0v) is 10.1. The largest absolute Gasteiger partial charge is 0.342 e. The minimum absolute atomic E-state index is 0.154. The van der Waals surface area contributed by atoms with Crippen LogP contribution >= 0.6 is 0 Å². The first-order valence-electron chi connectivity index (χ1n) is 4.99. The van der Waals surface area contributed by atoms with Crippen LogP contribution in [0, 0.1) is 5.41 Å². The minimum Gasteiger partial charge on any atom is -0.298 e. The van der Waals surface area contributed by atoms with Crippen molar-refractivity contribution in [2.24, 2.45) is 5.41 Å². The van der Waals surface area contributed by atoms with E-state index in [0.717, 1.165) is 6.42 Å². The van der Waals surface area contributed by atoms with Crippen LogP contribution in [0.15, 0.2) is 0 Å². The highest BCUT2D eigenvalue weighted by Crippen LogP contribution is 2.21. The molecule has 0 rings (SSSR count). The van der Waals surface area contributed by atoms with E-state index in [0.29, 0.717) is 6.42 Å². The van der Waals surface area contributed by atoms with Crippen molar-refractivity contribution in [1.82, 2.24) is 0 Å². The van der Waals surface area contributed by atoms with Crippen molar-refractivity contribution in [2.75, 3.05) is 0 Å². The fourth-order valence-electron chi connectivity index (χ4n) is 0.690. The molecule has 0 atom stereocenters. The van der Waals surface area contributed by atoms with Gasteiger partial charge in [0.15, 0.2) is 0 Å². The first kappa shape index (κ1) is 13.4. The molecule has 0 radical (unpaired) electrons. The van der Waals surface area contributed by atoms with E-state index in [-0.39, 0.29) is 11.4 Å². The molecule has 0 aromatic rings. The Morgan fingerprint density at radius 2 is 1.57 bits per heavy atom. The highest BCUT2D eigenvalue weighted by Gasteiger charge is 2.17. The van der Waals surface area contributed by atoms with Gasteiger partial charge in [-0.1, -0.05) is 20.8 Å². The van der Waals surface area contributed by atoms with E-state index in [1.54, 1.807) is 0 Å². The number of hydrogen-bond acceptors (Lipinski definition) is 3. The summed E-state index contributed by atoms with van der Waals surface area (Å²) in [6, 6.07) is 0. The Morgan fingerprint density at radius 1 is 1.07 bits per heavy atom. The molecule has 0 fully saturated rings. The van der Waals surface area contributed by atoms with Gasteiger partial charge in [-0.15, -0.1) is 0 Å². The second kappa shape index (κ2) is 4.78. The zero-order chi connectivity index (χ0) is 11.4. The maximum Gasteiger partial charge on any atom is 0.342 e. The third-order valence-corrected chi connectivity index (χ3v) is 1.46. The molecule has 0 saturated carbocycles. The molecule has 0 unspecified atom stereocenters. The van der Waals surface area contributed by atoms with Gasteiger partial charge in [0.2, 0.25) is 0 Å². The molecular formula is C11H22O3. The Kier molecular flexibility index (Phi) is 4.59. The van der Waals surface area contributed by atoms with Crippen LogP contribution in [0.4, 0.5) is 0 Å². The Labute approximate surface area is 86.7 Å². The molecule has 14 heavy (non-hydrogen) atoms. The van der Waals surface area contributed by atoms with E-state index >= 15 is 0 Å². The summed E-state index contributed by atoms with van der Waals surface area (Å²) in [7, 11) is 0. The molecule has 84 valence electrons.